The van der Waals surface area contributed by atoms with Crippen molar-refractivity contribution in [2.75, 3.05) is 0 Å². The van der Waals surface area contributed by atoms with E-state index in [0.717, 1.165) is 185 Å². The van der Waals surface area contributed by atoms with Crippen molar-refractivity contribution in [3.05, 3.63) is 96.1 Å². The highest BCUT2D eigenvalue weighted by atomic mass is 16.6. The number of carbonyl (C=O) groups is 4. The summed E-state index contributed by atoms with van der Waals surface area (Å²) in [4.78, 5) is 54.8. The first-order valence-corrected chi connectivity index (χ1v) is 40.1. The average Bonchev–Trinajstić information content (AvgIpc) is 0.784. The van der Waals surface area contributed by atoms with E-state index in [-0.39, 0.29) is 23.9 Å². The van der Waals surface area contributed by atoms with Crippen LogP contribution in [0.25, 0.3) is 0 Å². The molecular formula is C86H130O8. The van der Waals surface area contributed by atoms with E-state index in [4.69, 9.17) is 18.9 Å². The first kappa shape index (κ1) is 72.5. The molecule has 10 rings (SSSR count). The molecule has 8 aliphatic carbocycles. The number of hydrogen-bond donors (Lipinski definition) is 0. The van der Waals surface area contributed by atoms with E-state index in [2.05, 4.69) is 89.4 Å². The van der Waals surface area contributed by atoms with Crippen molar-refractivity contribution in [2.24, 2.45) is 71.0 Å². The fourth-order valence-corrected chi connectivity index (χ4v) is 21.6. The van der Waals surface area contributed by atoms with Gasteiger partial charge in [0.25, 0.3) is 0 Å². The van der Waals surface area contributed by atoms with Crippen LogP contribution in [0.15, 0.2) is 73.8 Å². The number of benzene rings is 2. The molecule has 8 saturated carbocycles. The Labute approximate surface area is 571 Å². The molecule has 2 aromatic rings. The van der Waals surface area contributed by atoms with E-state index >= 15 is 0 Å². The first-order valence-electron chi connectivity index (χ1n) is 40.1. The Balaban J connectivity index is 0.761. The van der Waals surface area contributed by atoms with Crippen molar-refractivity contribution in [3.63, 3.8) is 0 Å². The number of carbonyl (C=O) groups excluding carboxylic acids is 4. The monoisotopic (exact) mass is 1290 g/mol. The lowest BCUT2D eigenvalue weighted by Gasteiger charge is -2.44. The van der Waals surface area contributed by atoms with Crippen LogP contribution in [0.4, 0.5) is 0 Å². The van der Waals surface area contributed by atoms with Gasteiger partial charge in [0.05, 0.1) is 0 Å². The van der Waals surface area contributed by atoms with Gasteiger partial charge in [-0.15, -0.1) is 0 Å². The van der Waals surface area contributed by atoms with Gasteiger partial charge in [-0.25, -0.2) is 9.59 Å². The molecule has 0 amide bonds. The van der Waals surface area contributed by atoms with Crippen molar-refractivity contribution in [1.29, 1.82) is 0 Å². The molecule has 0 heterocycles. The normalized spacial score (nSPS) is 34.9. The summed E-state index contributed by atoms with van der Waals surface area (Å²) in [5, 5.41) is 0. The molecule has 0 radical (unpaired) electrons. The van der Waals surface area contributed by atoms with Gasteiger partial charge >= 0.3 is 23.9 Å². The number of unbranched alkanes of at least 4 members (excludes halogenated alkanes) is 3. The molecule has 0 bridgehead atoms. The predicted molar refractivity (Wildman–Crippen MR) is 381 cm³/mol. The van der Waals surface area contributed by atoms with Crippen LogP contribution in [0.5, 0.6) is 0 Å². The van der Waals surface area contributed by atoms with Gasteiger partial charge in [-0.2, -0.15) is 0 Å². The molecule has 0 aromatic heterocycles. The van der Waals surface area contributed by atoms with Crippen LogP contribution in [0.2, 0.25) is 0 Å². The van der Waals surface area contributed by atoms with E-state index < -0.39 is 22.4 Å². The first-order chi connectivity index (χ1) is 45.7. The molecule has 0 N–H and O–H groups in total. The van der Waals surface area contributed by atoms with Crippen molar-refractivity contribution in [3.8, 4) is 0 Å². The molecule has 0 unspecified atom stereocenters. The standard InChI is InChI=1S/C86H130O8/c1-7-17-63-23-31-67(32-24-63)71-47-55-83(56-48-71,91-79(87)11-5)75-39-43-77(44-40-75)85(59-51-73(52-60-85)69-35-27-65(19-9-3)28-36-69)93-81(89)21-15-13-14-16-22-82(90)94-86(61-53-74(54-62-86)70-37-29-66(20-10-4)30-38-70)78-45-41-76(42-46-78)84(92-80(88)12-6)57-49-72(50-58-84)68-33-25-64(18-8-2)26-34-68/h11-12,39-46,63-74H,5-10,13-38,47-62H2,1-4H3. The molecule has 8 aliphatic rings. The fourth-order valence-electron chi connectivity index (χ4n) is 21.6. The minimum atomic E-state index is -0.691. The minimum Gasteiger partial charge on any atom is -0.454 e. The Morgan fingerprint density at radius 2 is 0.521 bits per heavy atom. The summed E-state index contributed by atoms with van der Waals surface area (Å²) in [7, 11) is 0. The summed E-state index contributed by atoms with van der Waals surface area (Å²) in [5.74, 6) is 8.32. The van der Waals surface area contributed by atoms with E-state index in [9.17, 15) is 19.2 Å². The summed E-state index contributed by atoms with van der Waals surface area (Å²) in [6.07, 6.45) is 53.7. The summed E-state index contributed by atoms with van der Waals surface area (Å²) in [6, 6.07) is 17.6. The molecule has 0 spiro atoms. The lowest BCUT2D eigenvalue weighted by molar-refractivity contribution is -0.168. The van der Waals surface area contributed by atoms with E-state index in [1.165, 1.54) is 166 Å². The van der Waals surface area contributed by atoms with Gasteiger partial charge in [0.1, 0.15) is 22.4 Å². The van der Waals surface area contributed by atoms with Gasteiger partial charge in [-0.05, 0) is 260 Å². The Morgan fingerprint density at radius 3 is 0.723 bits per heavy atom. The average molecular weight is 1290 g/mol. The lowest BCUT2D eigenvalue weighted by atomic mass is 9.65. The van der Waals surface area contributed by atoms with E-state index in [1.54, 1.807) is 0 Å². The summed E-state index contributed by atoms with van der Waals surface area (Å²) >= 11 is 0. The molecule has 8 fully saturated rings. The van der Waals surface area contributed by atoms with Crippen LogP contribution >= 0.6 is 0 Å². The van der Waals surface area contributed by atoms with E-state index in [0.29, 0.717) is 49.4 Å². The van der Waals surface area contributed by atoms with Gasteiger partial charge in [0, 0.05) is 25.0 Å². The minimum absolute atomic E-state index is 0.129. The summed E-state index contributed by atoms with van der Waals surface area (Å²) < 4.78 is 26.6. The maximum atomic E-state index is 14.3. The zero-order chi connectivity index (χ0) is 66.0. The maximum Gasteiger partial charge on any atom is 0.331 e. The lowest BCUT2D eigenvalue weighted by Crippen LogP contribution is -2.40. The largest absolute Gasteiger partial charge is 0.454 e. The van der Waals surface area contributed by atoms with E-state index in [1.807, 2.05) is 0 Å². The van der Waals surface area contributed by atoms with Crippen LogP contribution in [-0.4, -0.2) is 23.9 Å². The molecule has 0 atom stereocenters. The zero-order valence-electron chi connectivity index (χ0n) is 59.9. The molecular weight excluding hydrogens is 1160 g/mol. The number of rotatable bonds is 29. The zero-order valence-corrected chi connectivity index (χ0v) is 59.9. The molecule has 8 nitrogen and oxygen atoms in total. The van der Waals surface area contributed by atoms with Crippen molar-refractivity contribution in [1.82, 2.24) is 0 Å². The van der Waals surface area contributed by atoms with Gasteiger partial charge in [0.15, 0.2) is 0 Å². The molecule has 94 heavy (non-hydrogen) atoms. The van der Waals surface area contributed by atoms with Crippen molar-refractivity contribution >= 4 is 23.9 Å². The van der Waals surface area contributed by atoms with Crippen LogP contribution in [-0.2, 0) is 60.5 Å². The Morgan fingerprint density at radius 1 is 0.319 bits per heavy atom. The van der Waals surface area contributed by atoms with Gasteiger partial charge in [-0.1, -0.05) is 205 Å². The predicted octanol–water partition coefficient (Wildman–Crippen LogP) is 23.2. The van der Waals surface area contributed by atoms with Crippen LogP contribution < -0.4 is 0 Å². The third kappa shape index (κ3) is 18.6. The third-order valence-electron chi connectivity index (χ3n) is 27.3. The second-order valence-corrected chi connectivity index (χ2v) is 32.9. The highest BCUT2D eigenvalue weighted by Gasteiger charge is 2.48. The van der Waals surface area contributed by atoms with Gasteiger partial charge < -0.3 is 18.9 Å². The van der Waals surface area contributed by atoms with Crippen molar-refractivity contribution < 1.29 is 38.1 Å². The molecule has 522 valence electrons. The van der Waals surface area contributed by atoms with Gasteiger partial charge in [0.2, 0.25) is 0 Å². The van der Waals surface area contributed by atoms with Crippen molar-refractivity contribution in [2.45, 2.75) is 345 Å². The fraction of sp³-hybridized carbons (Fsp3) is 0.767. The Bertz CT molecular complexity index is 2460. The van der Waals surface area contributed by atoms with Crippen LogP contribution in [0.1, 0.15) is 345 Å². The number of hydrogen-bond acceptors (Lipinski definition) is 8. The summed E-state index contributed by atoms with van der Waals surface area (Å²) in [6.45, 7) is 16.9. The smallest absolute Gasteiger partial charge is 0.331 e. The van der Waals surface area contributed by atoms with Crippen LogP contribution in [0.3, 0.4) is 0 Å². The second kappa shape index (κ2) is 35.0. The molecule has 0 aliphatic heterocycles. The third-order valence-corrected chi connectivity index (χ3v) is 27.3. The number of ether oxygens (including phenoxy) is 4. The Kier molecular flexibility index (Phi) is 27.0. The maximum absolute atomic E-state index is 14.3. The molecule has 0 saturated heterocycles. The number of esters is 4. The van der Waals surface area contributed by atoms with Crippen LogP contribution in [0, 0.1) is 71.0 Å². The molecule has 8 heteroatoms. The van der Waals surface area contributed by atoms with Gasteiger partial charge in [-0.3, -0.25) is 9.59 Å². The Hall–Kier alpha value is -4.20. The SMILES string of the molecule is C=CC(=O)OC1(c2ccc(C3(OC(=O)CCCCCCC(=O)OC4(c5ccc(C6(OC(=O)C=C)CCC(C7CCC(CCC)CC7)CC6)cc5)CCC(C5CCC(CCC)CC5)CC4)CCC(C4CCC(CCC)CC4)CC3)cc2)CCC(C2CCC(CCC)CC2)CC1. The highest BCUT2D eigenvalue weighted by Crippen LogP contribution is 2.54. The molecule has 2 aromatic carbocycles. The highest BCUT2D eigenvalue weighted by molar-refractivity contribution is 5.82. The quantitative estimate of drug-likeness (QED) is 0.0343. The second-order valence-electron chi connectivity index (χ2n) is 32.9. The topological polar surface area (TPSA) is 105 Å². The summed E-state index contributed by atoms with van der Waals surface area (Å²) in [5.41, 5.74) is 1.48.